The number of Topliss-reactive ketones (excluding diaryl/α,β-unsaturated/α-hetero) is 1. The second-order valence-corrected chi connectivity index (χ2v) is 12.1. The van der Waals surface area contributed by atoms with Gasteiger partial charge >= 0.3 is 0 Å². The topological polar surface area (TPSA) is 60.4 Å². The predicted molar refractivity (Wildman–Crippen MR) is 136 cm³/mol. The van der Waals surface area contributed by atoms with Gasteiger partial charge in [0.15, 0.2) is 5.78 Å². The van der Waals surface area contributed by atoms with Crippen LogP contribution >= 0.6 is 12.9 Å². The summed E-state index contributed by atoms with van der Waals surface area (Å²) in [5, 5.41) is 0. The van der Waals surface area contributed by atoms with Gasteiger partial charge in [-0.2, -0.15) is 8.42 Å². The molecule has 2 atom stereocenters. The maximum atomic E-state index is 15.1. The van der Waals surface area contributed by atoms with Crippen LogP contribution < -0.4 is 0 Å². The summed E-state index contributed by atoms with van der Waals surface area (Å²) in [6.45, 7) is 4.12. The molecule has 0 N–H and O–H groups in total. The van der Waals surface area contributed by atoms with Crippen molar-refractivity contribution in [2.75, 3.05) is 5.75 Å². The molecule has 2 fully saturated rings. The molecule has 0 spiro atoms. The van der Waals surface area contributed by atoms with Crippen LogP contribution in [0.4, 0.5) is 0 Å². The monoisotopic (exact) mass is 492 g/mol. The summed E-state index contributed by atoms with van der Waals surface area (Å²) in [7, 11) is -4.03. The van der Waals surface area contributed by atoms with Crippen LogP contribution in [0, 0.1) is 10.8 Å². The molecule has 176 valence electrons. The average Bonchev–Trinajstić information content (AvgIpc) is 3.15. The van der Waals surface area contributed by atoms with Gasteiger partial charge in [-0.1, -0.05) is 105 Å². The van der Waals surface area contributed by atoms with Gasteiger partial charge in [0, 0.05) is 5.41 Å². The Morgan fingerprint density at radius 1 is 0.765 bits per heavy atom. The van der Waals surface area contributed by atoms with Crippen molar-refractivity contribution in [3.8, 4) is 0 Å². The van der Waals surface area contributed by atoms with E-state index in [-0.39, 0.29) is 5.78 Å². The molecular formula is C28H28O4S2. The van der Waals surface area contributed by atoms with Gasteiger partial charge in [-0.15, -0.1) is 0 Å². The van der Waals surface area contributed by atoms with Gasteiger partial charge < -0.3 is 0 Å². The molecule has 2 saturated carbocycles. The van der Waals surface area contributed by atoms with E-state index in [0.717, 1.165) is 16.7 Å². The van der Waals surface area contributed by atoms with E-state index < -0.39 is 37.5 Å². The first-order valence-electron chi connectivity index (χ1n) is 11.5. The average molecular weight is 493 g/mol. The second-order valence-electron chi connectivity index (χ2n) is 10.1. The Hall–Kier alpha value is -2.41. The summed E-state index contributed by atoms with van der Waals surface area (Å²) < 4.78 is 30.3. The molecule has 3 aromatic carbocycles. The molecule has 2 aliphatic carbocycles. The summed E-state index contributed by atoms with van der Waals surface area (Å²) >= 11 is 3.62. The van der Waals surface area contributed by atoms with E-state index in [1.54, 1.807) is 0 Å². The number of thiol groups is 1. The van der Waals surface area contributed by atoms with Crippen LogP contribution in [0.5, 0.6) is 0 Å². The summed E-state index contributed by atoms with van der Waals surface area (Å²) in [6.07, 6.45) is 1.13. The van der Waals surface area contributed by atoms with Gasteiger partial charge in [0.2, 0.25) is 0 Å². The highest BCUT2D eigenvalue weighted by atomic mass is 32.3. The van der Waals surface area contributed by atoms with Crippen LogP contribution in [0.3, 0.4) is 0 Å². The normalized spacial score (nSPS) is 27.1. The third-order valence-electron chi connectivity index (χ3n) is 8.82. The molecule has 6 heteroatoms. The zero-order chi connectivity index (χ0) is 24.2. The molecule has 0 saturated heterocycles. The number of fused-ring (bicyclic) bond motifs is 2. The van der Waals surface area contributed by atoms with Crippen LogP contribution in [-0.2, 0) is 29.4 Å². The lowest BCUT2D eigenvalue weighted by molar-refractivity contribution is -0.132. The third kappa shape index (κ3) is 2.70. The van der Waals surface area contributed by atoms with Gasteiger partial charge in [0.25, 0.3) is 10.1 Å². The van der Waals surface area contributed by atoms with Crippen molar-refractivity contribution >= 4 is 28.8 Å². The number of ketones is 1. The van der Waals surface area contributed by atoms with Crippen molar-refractivity contribution < 1.29 is 16.8 Å². The molecule has 0 aromatic heterocycles. The smallest absolute Gasteiger partial charge is 0.278 e. The first-order valence-corrected chi connectivity index (χ1v) is 13.4. The Bertz CT molecular complexity index is 1280. The van der Waals surface area contributed by atoms with Crippen molar-refractivity contribution in [2.45, 2.75) is 37.5 Å². The number of hydrogen-bond acceptors (Lipinski definition) is 5. The molecule has 0 amide bonds. The van der Waals surface area contributed by atoms with Crippen LogP contribution in [0.1, 0.15) is 43.4 Å². The van der Waals surface area contributed by atoms with Gasteiger partial charge in [-0.05, 0) is 47.9 Å². The maximum absolute atomic E-state index is 15.1. The SMILES string of the molecule is CC1(C)C2(CS(=O)(=O)OS)CCC1(c1ccccc1)C(c1ccccc1)(c1ccccc1)C2=O. The Morgan fingerprint density at radius 2 is 1.21 bits per heavy atom. The zero-order valence-electron chi connectivity index (χ0n) is 19.3. The summed E-state index contributed by atoms with van der Waals surface area (Å²) in [6, 6.07) is 29.8. The van der Waals surface area contributed by atoms with E-state index in [2.05, 4.69) is 42.5 Å². The molecule has 2 unspecified atom stereocenters. The van der Waals surface area contributed by atoms with Crippen molar-refractivity contribution in [2.24, 2.45) is 10.8 Å². The fraction of sp³-hybridized carbons (Fsp3) is 0.321. The Labute approximate surface area is 207 Å². The van der Waals surface area contributed by atoms with Gasteiger partial charge in [-0.25, -0.2) is 3.63 Å². The number of rotatable bonds is 6. The zero-order valence-corrected chi connectivity index (χ0v) is 21.0. The van der Waals surface area contributed by atoms with Crippen molar-refractivity contribution in [1.82, 2.24) is 0 Å². The highest BCUT2D eigenvalue weighted by Gasteiger charge is 2.83. The summed E-state index contributed by atoms with van der Waals surface area (Å²) in [5.41, 5.74) is -0.773. The fourth-order valence-electron chi connectivity index (χ4n) is 7.43. The summed E-state index contributed by atoms with van der Waals surface area (Å²) in [5.74, 6) is -0.461. The minimum absolute atomic E-state index is 0.0635. The lowest BCUT2D eigenvalue weighted by atomic mass is 9.49. The Kier molecular flexibility index (Phi) is 5.36. The van der Waals surface area contributed by atoms with Crippen molar-refractivity contribution in [3.63, 3.8) is 0 Å². The molecule has 34 heavy (non-hydrogen) atoms. The van der Waals surface area contributed by atoms with Crippen LogP contribution in [0.25, 0.3) is 0 Å². The Morgan fingerprint density at radius 3 is 1.65 bits per heavy atom. The molecule has 4 nitrogen and oxygen atoms in total. The fourth-order valence-corrected chi connectivity index (χ4v) is 8.88. The van der Waals surface area contributed by atoms with E-state index in [0.29, 0.717) is 12.8 Å². The second kappa shape index (κ2) is 7.80. The minimum atomic E-state index is -4.03. The number of hydrogen-bond donors (Lipinski definition) is 1. The van der Waals surface area contributed by atoms with E-state index in [1.165, 1.54) is 0 Å². The Balaban J connectivity index is 1.96. The molecule has 3 aromatic rings. The third-order valence-corrected chi connectivity index (χ3v) is 10.6. The van der Waals surface area contributed by atoms with Gasteiger partial charge in [-0.3, -0.25) is 4.79 Å². The van der Waals surface area contributed by atoms with Crippen molar-refractivity contribution in [1.29, 1.82) is 0 Å². The van der Waals surface area contributed by atoms with E-state index in [1.807, 2.05) is 78.9 Å². The molecule has 0 aliphatic heterocycles. The maximum Gasteiger partial charge on any atom is 0.278 e. The molecule has 2 bridgehead atoms. The van der Waals surface area contributed by atoms with Crippen molar-refractivity contribution in [3.05, 3.63) is 108 Å². The van der Waals surface area contributed by atoms with E-state index in [9.17, 15) is 8.42 Å². The van der Waals surface area contributed by atoms with Gasteiger partial charge in [0.1, 0.15) is 0 Å². The number of carbonyl (C=O) groups is 1. The minimum Gasteiger partial charge on any atom is -0.298 e. The number of benzene rings is 3. The van der Waals surface area contributed by atoms with Gasteiger partial charge in [0.05, 0.1) is 16.6 Å². The lowest BCUT2D eigenvalue weighted by Crippen LogP contribution is -2.55. The number of carbonyl (C=O) groups excluding carboxylic acids is 1. The first kappa shape index (κ1) is 23.3. The van der Waals surface area contributed by atoms with Crippen LogP contribution in [-0.4, -0.2) is 20.0 Å². The van der Waals surface area contributed by atoms with Crippen LogP contribution in [0.15, 0.2) is 91.0 Å². The largest absolute Gasteiger partial charge is 0.298 e. The quantitative estimate of drug-likeness (QED) is 0.365. The van der Waals surface area contributed by atoms with E-state index >= 15 is 4.79 Å². The molecule has 0 heterocycles. The molecule has 0 radical (unpaired) electrons. The van der Waals surface area contributed by atoms with E-state index in [4.69, 9.17) is 0 Å². The lowest BCUT2D eigenvalue weighted by Gasteiger charge is -2.51. The first-order chi connectivity index (χ1) is 16.2. The molecular weight excluding hydrogens is 464 g/mol. The predicted octanol–water partition coefficient (Wildman–Crippen LogP) is 5.49. The standard InChI is InChI=1S/C28H28O4S2/c1-25(2)26(20-34(30,31)32-33)18-19-27(25,21-12-6-3-7-13-21)28(24(26)29,22-14-8-4-9-15-22)23-16-10-5-11-17-23/h3-17,33H,18-20H2,1-2H3. The molecule has 5 rings (SSSR count). The summed E-state index contributed by atoms with van der Waals surface area (Å²) in [4.78, 5) is 15.1. The highest BCUT2D eigenvalue weighted by molar-refractivity contribution is 7.95. The molecule has 2 aliphatic rings. The van der Waals surface area contributed by atoms with Crippen LogP contribution in [0.2, 0.25) is 0 Å². The highest BCUT2D eigenvalue weighted by Crippen LogP contribution is 2.78.